The lowest BCUT2D eigenvalue weighted by Gasteiger charge is -2.25. The number of carboxylic acid groups (broad SMARTS) is 1. The lowest BCUT2D eigenvalue weighted by molar-refractivity contribution is 0.0692. The monoisotopic (exact) mass is 331 g/mol. The number of ether oxygens (including phenoxy) is 1. The quantitative estimate of drug-likeness (QED) is 0.881. The molecule has 8 heteroatoms. The molecule has 0 radical (unpaired) electrons. The maximum Gasteiger partial charge on any atom is 0.339 e. The van der Waals surface area contributed by atoms with Gasteiger partial charge in [-0.15, -0.1) is 0 Å². The average Bonchev–Trinajstić information content (AvgIpc) is 2.48. The summed E-state index contributed by atoms with van der Waals surface area (Å²) in [6.45, 7) is 2.95. The van der Waals surface area contributed by atoms with E-state index < -0.39 is 16.0 Å². The highest BCUT2D eigenvalue weighted by Crippen LogP contribution is 2.26. The molecule has 1 aromatic rings. The topological polar surface area (TPSA) is 83.9 Å². The summed E-state index contributed by atoms with van der Waals surface area (Å²) in [5.74, 6) is 0.479. The third-order valence-electron chi connectivity index (χ3n) is 3.09. The molecule has 0 aromatic heterocycles. The van der Waals surface area contributed by atoms with E-state index in [1.165, 1.54) is 22.5 Å². The summed E-state index contributed by atoms with van der Waals surface area (Å²) < 4.78 is 31.6. The highest BCUT2D eigenvalue weighted by atomic mass is 32.2. The van der Waals surface area contributed by atoms with Gasteiger partial charge in [-0.05, 0) is 25.1 Å². The van der Waals surface area contributed by atoms with Crippen molar-refractivity contribution in [2.45, 2.75) is 11.8 Å². The molecule has 0 saturated carbocycles. The van der Waals surface area contributed by atoms with Crippen LogP contribution >= 0.6 is 11.8 Å². The minimum absolute atomic E-state index is 0.00440. The van der Waals surface area contributed by atoms with Crippen molar-refractivity contribution in [3.8, 4) is 5.75 Å². The highest BCUT2D eigenvalue weighted by Gasteiger charge is 2.27. The Kier molecular flexibility index (Phi) is 5.13. The fourth-order valence-corrected chi connectivity index (χ4v) is 4.66. The number of thioether (sulfide) groups is 1. The van der Waals surface area contributed by atoms with Crippen molar-refractivity contribution >= 4 is 27.8 Å². The number of carbonyl (C=O) groups is 1. The van der Waals surface area contributed by atoms with Crippen molar-refractivity contribution < 1.29 is 23.1 Å². The number of nitrogens with zero attached hydrogens (tertiary/aromatic N) is 1. The predicted molar refractivity (Wildman–Crippen MR) is 80.7 cm³/mol. The van der Waals surface area contributed by atoms with Gasteiger partial charge in [-0.3, -0.25) is 0 Å². The van der Waals surface area contributed by atoms with Crippen molar-refractivity contribution in [2.75, 3.05) is 31.2 Å². The number of carboxylic acids is 1. The molecule has 0 spiro atoms. The second kappa shape index (κ2) is 6.67. The van der Waals surface area contributed by atoms with Gasteiger partial charge in [0.2, 0.25) is 10.0 Å². The van der Waals surface area contributed by atoms with Crippen LogP contribution in [0.2, 0.25) is 0 Å². The van der Waals surface area contributed by atoms with Crippen LogP contribution in [-0.2, 0) is 10.0 Å². The molecule has 1 aliphatic heterocycles. The molecule has 6 nitrogen and oxygen atoms in total. The van der Waals surface area contributed by atoms with Gasteiger partial charge in [-0.25, -0.2) is 13.2 Å². The molecular weight excluding hydrogens is 314 g/mol. The number of sulfonamides is 1. The number of aromatic carboxylic acids is 1. The Bertz CT molecular complexity index is 623. The van der Waals surface area contributed by atoms with E-state index in [0.717, 1.165) is 11.5 Å². The summed E-state index contributed by atoms with van der Waals surface area (Å²) in [6.07, 6.45) is 0. The summed E-state index contributed by atoms with van der Waals surface area (Å²) in [7, 11) is -3.65. The first-order valence-corrected chi connectivity index (χ1v) is 9.14. The average molecular weight is 331 g/mol. The fraction of sp³-hybridized carbons (Fsp3) is 0.462. The maximum atomic E-state index is 12.5. The van der Waals surface area contributed by atoms with E-state index >= 15 is 0 Å². The third kappa shape index (κ3) is 3.50. The molecule has 1 aromatic carbocycles. The van der Waals surface area contributed by atoms with Gasteiger partial charge in [0.05, 0.1) is 11.5 Å². The van der Waals surface area contributed by atoms with Gasteiger partial charge in [0, 0.05) is 24.6 Å². The molecule has 0 amide bonds. The van der Waals surface area contributed by atoms with Crippen molar-refractivity contribution in [2.24, 2.45) is 0 Å². The number of hydrogen-bond donors (Lipinski definition) is 1. The normalized spacial score (nSPS) is 16.6. The molecule has 1 aliphatic rings. The van der Waals surface area contributed by atoms with Crippen molar-refractivity contribution in [1.29, 1.82) is 0 Å². The maximum absolute atomic E-state index is 12.5. The summed E-state index contributed by atoms with van der Waals surface area (Å²) in [5, 5.41) is 9.20. The van der Waals surface area contributed by atoms with Crippen LogP contribution in [0.15, 0.2) is 23.1 Å². The molecule has 2 rings (SSSR count). The van der Waals surface area contributed by atoms with Gasteiger partial charge in [0.1, 0.15) is 11.3 Å². The van der Waals surface area contributed by atoms with E-state index in [1.807, 2.05) is 0 Å². The molecule has 1 heterocycles. The molecule has 0 atom stereocenters. The number of hydrogen-bond acceptors (Lipinski definition) is 5. The number of rotatable bonds is 5. The Morgan fingerprint density at radius 3 is 2.62 bits per heavy atom. The summed E-state index contributed by atoms with van der Waals surface area (Å²) in [4.78, 5) is 11.3. The van der Waals surface area contributed by atoms with Crippen LogP contribution in [0, 0.1) is 0 Å². The Labute approximate surface area is 128 Å². The van der Waals surface area contributed by atoms with E-state index in [1.54, 1.807) is 18.7 Å². The second-order valence-electron chi connectivity index (χ2n) is 4.41. The summed E-state index contributed by atoms with van der Waals surface area (Å²) in [5.41, 5.74) is -0.135. The Balaban J connectivity index is 2.39. The SMILES string of the molecule is CCOc1ccc(S(=O)(=O)N2CCSCC2)cc1C(=O)O. The Morgan fingerprint density at radius 1 is 1.38 bits per heavy atom. The van der Waals surface area contributed by atoms with Crippen LogP contribution in [0.25, 0.3) is 0 Å². The van der Waals surface area contributed by atoms with E-state index in [9.17, 15) is 18.3 Å². The molecule has 0 bridgehead atoms. The second-order valence-corrected chi connectivity index (χ2v) is 7.58. The van der Waals surface area contributed by atoms with E-state index in [2.05, 4.69) is 0 Å². The lowest BCUT2D eigenvalue weighted by atomic mass is 10.2. The zero-order valence-electron chi connectivity index (χ0n) is 11.6. The van der Waals surface area contributed by atoms with Crippen LogP contribution in [0.4, 0.5) is 0 Å². The molecule has 1 N–H and O–H groups in total. The van der Waals surface area contributed by atoms with Gasteiger partial charge in [0.15, 0.2) is 0 Å². The zero-order valence-corrected chi connectivity index (χ0v) is 13.2. The van der Waals surface area contributed by atoms with Gasteiger partial charge < -0.3 is 9.84 Å². The Hall–Kier alpha value is -1.25. The zero-order chi connectivity index (χ0) is 15.5. The molecule has 0 unspecified atom stereocenters. The van der Waals surface area contributed by atoms with Crippen molar-refractivity contribution in [3.63, 3.8) is 0 Å². The Morgan fingerprint density at radius 2 is 2.05 bits per heavy atom. The largest absolute Gasteiger partial charge is 0.493 e. The van der Waals surface area contributed by atoms with E-state index in [4.69, 9.17) is 4.74 Å². The standard InChI is InChI=1S/C13H17NO5S2/c1-2-19-12-4-3-10(9-11(12)13(15)16)21(17,18)14-5-7-20-8-6-14/h3-4,9H,2,5-8H2,1H3,(H,15,16). The van der Waals surface area contributed by atoms with Gasteiger partial charge >= 0.3 is 5.97 Å². The minimum atomic E-state index is -3.65. The molecular formula is C13H17NO5S2. The van der Waals surface area contributed by atoms with Crippen molar-refractivity contribution in [1.82, 2.24) is 4.31 Å². The van der Waals surface area contributed by atoms with Crippen LogP contribution in [0.1, 0.15) is 17.3 Å². The van der Waals surface area contributed by atoms with Crippen LogP contribution in [0.5, 0.6) is 5.75 Å². The first-order chi connectivity index (χ1) is 9.96. The summed E-state index contributed by atoms with van der Waals surface area (Å²) in [6, 6.07) is 3.97. The van der Waals surface area contributed by atoms with Gasteiger partial charge in [0.25, 0.3) is 0 Å². The van der Waals surface area contributed by atoms with Crippen LogP contribution in [-0.4, -0.2) is 55.0 Å². The van der Waals surface area contributed by atoms with Gasteiger partial charge in [-0.1, -0.05) is 0 Å². The first-order valence-electron chi connectivity index (χ1n) is 6.55. The molecule has 0 aliphatic carbocycles. The lowest BCUT2D eigenvalue weighted by Crippen LogP contribution is -2.37. The number of benzene rings is 1. The summed E-state index contributed by atoms with van der Waals surface area (Å²) >= 11 is 1.71. The van der Waals surface area contributed by atoms with Crippen LogP contribution in [0.3, 0.4) is 0 Å². The highest BCUT2D eigenvalue weighted by molar-refractivity contribution is 7.99. The van der Waals surface area contributed by atoms with Gasteiger partial charge in [-0.2, -0.15) is 16.1 Å². The smallest absolute Gasteiger partial charge is 0.339 e. The predicted octanol–water partition coefficient (Wildman–Crippen LogP) is 1.52. The third-order valence-corrected chi connectivity index (χ3v) is 5.93. The molecule has 1 fully saturated rings. The molecule has 21 heavy (non-hydrogen) atoms. The van der Waals surface area contributed by atoms with Crippen LogP contribution < -0.4 is 4.74 Å². The fourth-order valence-electron chi connectivity index (χ4n) is 2.05. The van der Waals surface area contributed by atoms with E-state index in [-0.39, 0.29) is 16.2 Å². The van der Waals surface area contributed by atoms with E-state index in [0.29, 0.717) is 19.7 Å². The molecule has 116 valence electrons. The molecule has 1 saturated heterocycles. The van der Waals surface area contributed by atoms with Crippen molar-refractivity contribution in [3.05, 3.63) is 23.8 Å². The minimum Gasteiger partial charge on any atom is -0.493 e. The first kappa shape index (κ1) is 16.1.